The van der Waals surface area contributed by atoms with Crippen LogP contribution in [-0.4, -0.2) is 99.4 Å². The first-order valence-corrected chi connectivity index (χ1v) is 15.4. The summed E-state index contributed by atoms with van der Waals surface area (Å²) >= 11 is 0. The van der Waals surface area contributed by atoms with Gasteiger partial charge in [0, 0.05) is 45.9 Å². The summed E-state index contributed by atoms with van der Waals surface area (Å²) in [6, 6.07) is 8.45. The van der Waals surface area contributed by atoms with Crippen LogP contribution in [0.1, 0.15) is 35.1 Å². The predicted molar refractivity (Wildman–Crippen MR) is 159 cm³/mol. The van der Waals surface area contributed by atoms with E-state index in [1.165, 1.54) is 22.3 Å². The summed E-state index contributed by atoms with van der Waals surface area (Å²) in [5.74, 6) is 2.38. The summed E-state index contributed by atoms with van der Waals surface area (Å²) in [7, 11) is 4.38. The molecule has 2 aromatic carbocycles. The lowest BCUT2D eigenvalue weighted by atomic mass is 9.53. The molecule has 43 heavy (non-hydrogen) atoms. The van der Waals surface area contributed by atoms with Gasteiger partial charge in [0.2, 0.25) is 0 Å². The number of aromatic hydroxyl groups is 2. The summed E-state index contributed by atoms with van der Waals surface area (Å²) in [4.78, 5) is 4.87. The molecule has 0 aromatic heterocycles. The van der Waals surface area contributed by atoms with Gasteiger partial charge in [-0.15, -0.1) is 0 Å². The zero-order valence-electron chi connectivity index (χ0n) is 24.5. The van der Waals surface area contributed by atoms with Crippen molar-refractivity contribution in [3.8, 4) is 23.0 Å². The Hall–Kier alpha value is -3.08. The number of likely N-dealkylation sites (tertiary alicyclic amines) is 2. The van der Waals surface area contributed by atoms with Gasteiger partial charge in [-0.2, -0.15) is 0 Å². The van der Waals surface area contributed by atoms with Crippen LogP contribution >= 0.6 is 0 Å². The average Bonchev–Trinajstić information content (AvgIpc) is 3.52. The number of rotatable bonds is 0. The fourth-order valence-corrected chi connectivity index (χ4v) is 10.5. The summed E-state index contributed by atoms with van der Waals surface area (Å²) < 4.78 is 12.2. The van der Waals surface area contributed by atoms with Crippen LogP contribution in [0, 0.1) is 11.8 Å². The molecule has 4 aliphatic heterocycles. The van der Waals surface area contributed by atoms with Crippen molar-refractivity contribution in [2.45, 2.75) is 73.0 Å². The van der Waals surface area contributed by atoms with Crippen LogP contribution in [0.2, 0.25) is 0 Å². The number of phenols is 2. The van der Waals surface area contributed by atoms with Crippen LogP contribution in [0.25, 0.3) is 0 Å². The van der Waals surface area contributed by atoms with Gasteiger partial charge in [0.1, 0.15) is 24.4 Å². The second-order valence-corrected chi connectivity index (χ2v) is 13.9. The highest BCUT2D eigenvalue weighted by molar-refractivity contribution is 5.63. The van der Waals surface area contributed by atoms with Crippen molar-refractivity contribution in [1.29, 1.82) is 0 Å². The number of phenolic OH excluding ortho intramolecular Hbond substituents is 2. The molecule has 8 aliphatic rings. The molecule has 0 amide bonds. The zero-order chi connectivity index (χ0) is 28.7. The van der Waals surface area contributed by atoms with Crippen LogP contribution in [-0.2, 0) is 23.7 Å². The highest BCUT2D eigenvalue weighted by Gasteiger charge is 2.65. The maximum atomic E-state index is 10.4. The number of piperidine rings is 2. The first-order chi connectivity index (χ1) is 20.3. The van der Waals surface area contributed by atoms with Crippen molar-refractivity contribution in [3.05, 3.63) is 70.8 Å². The van der Waals surface area contributed by atoms with Gasteiger partial charge in [-0.25, -0.2) is 0 Å². The molecule has 2 saturated heterocycles. The molecule has 6 N–H and O–H groups in total. The molecular weight excluding hydrogens is 548 g/mol. The monoisotopic (exact) mass is 588 g/mol. The fourth-order valence-electron chi connectivity index (χ4n) is 10.5. The molecule has 228 valence electrons. The lowest BCUT2D eigenvalue weighted by Crippen LogP contribution is -2.64. The average molecular weight is 589 g/mol. The Labute approximate surface area is 251 Å². The lowest BCUT2D eigenvalue weighted by Gasteiger charge is -2.56. The molecule has 2 aromatic rings. The second-order valence-electron chi connectivity index (χ2n) is 13.9. The molecule has 2 fully saturated rings. The molecule has 10 atom stereocenters. The number of benzene rings is 2. The first-order valence-electron chi connectivity index (χ1n) is 15.4. The Morgan fingerprint density at radius 1 is 0.674 bits per heavy atom. The van der Waals surface area contributed by atoms with Gasteiger partial charge in [-0.3, -0.25) is 0 Å². The highest BCUT2D eigenvalue weighted by Crippen LogP contribution is 2.63. The number of aliphatic hydroxyl groups excluding tert-OH is 2. The smallest absolute Gasteiger partial charge is 0.165 e. The van der Waals surface area contributed by atoms with Gasteiger partial charge < -0.3 is 45.2 Å². The number of hydrogen-bond donors (Lipinski definition) is 4. The van der Waals surface area contributed by atoms with Gasteiger partial charge in [-0.05, 0) is 76.1 Å². The zero-order valence-corrected chi connectivity index (χ0v) is 24.5. The topological polar surface area (TPSA) is 137 Å². The summed E-state index contributed by atoms with van der Waals surface area (Å²) in [6.45, 7) is 2.02. The maximum Gasteiger partial charge on any atom is 0.165 e. The normalized spacial score (nSPS) is 41.6. The maximum absolute atomic E-state index is 10.4. The number of nitrogens with zero attached hydrogens (tertiary/aromatic N) is 2. The Balaban J connectivity index is 0.000000126. The van der Waals surface area contributed by atoms with Gasteiger partial charge in [-0.1, -0.05) is 36.4 Å². The SMILES string of the molecule is CN1CC[C@]23c4c5ccc(O)c4O[C@H]2[C@@H](O)C=C[C@H]3[C@H]1C5.CN1CC[C@]23c4c5ccc(O)c4O[C@H]2[C@@H](O)C=C[C@H]3[C@H]1C5.O. The number of aliphatic hydroxyl groups is 2. The van der Waals surface area contributed by atoms with E-state index in [1.54, 1.807) is 12.1 Å². The van der Waals surface area contributed by atoms with Gasteiger partial charge in [0.15, 0.2) is 23.0 Å². The lowest BCUT2D eigenvalue weighted by molar-refractivity contribution is -0.0453. The van der Waals surface area contributed by atoms with Crippen molar-refractivity contribution in [3.63, 3.8) is 0 Å². The van der Waals surface area contributed by atoms with Crippen LogP contribution in [0.4, 0.5) is 0 Å². The molecule has 0 saturated carbocycles. The Morgan fingerprint density at radius 3 is 1.51 bits per heavy atom. The van der Waals surface area contributed by atoms with Crippen LogP contribution < -0.4 is 9.47 Å². The summed E-state index contributed by atoms with van der Waals surface area (Å²) in [6.07, 6.45) is 10.4. The molecular formula is C34H40N2O7. The summed E-state index contributed by atoms with van der Waals surface area (Å²) in [5, 5.41) is 41.3. The highest BCUT2D eigenvalue weighted by atomic mass is 16.5. The predicted octanol–water partition coefficient (Wildman–Crippen LogP) is 1.57. The minimum atomic E-state index is -0.594. The van der Waals surface area contributed by atoms with Crippen LogP contribution in [0.5, 0.6) is 23.0 Å². The van der Waals surface area contributed by atoms with Crippen LogP contribution in [0.3, 0.4) is 0 Å². The van der Waals surface area contributed by atoms with Crippen LogP contribution in [0.15, 0.2) is 48.6 Å². The Bertz CT molecular complexity index is 1460. The van der Waals surface area contributed by atoms with Crippen molar-refractivity contribution in [2.75, 3.05) is 27.2 Å². The minimum absolute atomic E-state index is 0. The van der Waals surface area contributed by atoms with E-state index in [0.717, 1.165) is 38.8 Å². The van der Waals surface area contributed by atoms with Gasteiger partial charge in [0.05, 0.1) is 0 Å². The summed E-state index contributed by atoms with van der Waals surface area (Å²) in [5.41, 5.74) is 4.58. The fraction of sp³-hybridized carbons (Fsp3) is 0.529. The molecule has 4 heterocycles. The van der Waals surface area contributed by atoms with Crippen molar-refractivity contribution in [2.24, 2.45) is 11.8 Å². The van der Waals surface area contributed by atoms with E-state index in [-0.39, 0.29) is 40.0 Å². The standard InChI is InChI=1S/2C17H19NO3.H2O/c2*1-18-7-6-17-10-3-5-13(20)16(17)21-15-12(19)4-2-9(14(15)17)8-11(10)18;/h2*2-5,10-11,13,16,19-20H,6-8H2,1H3;1H2/t2*10-,11+,13-,16-,17-;/m00./s1. The van der Waals surface area contributed by atoms with E-state index in [0.29, 0.717) is 35.4 Å². The van der Waals surface area contributed by atoms with Crippen molar-refractivity contribution < 1.29 is 35.4 Å². The van der Waals surface area contributed by atoms with E-state index in [4.69, 9.17) is 9.47 Å². The molecule has 4 bridgehead atoms. The third kappa shape index (κ3) is 3.19. The molecule has 0 unspecified atom stereocenters. The number of likely N-dealkylation sites (N-methyl/N-ethyl adjacent to an activating group) is 2. The van der Waals surface area contributed by atoms with Crippen molar-refractivity contribution >= 4 is 0 Å². The van der Waals surface area contributed by atoms with E-state index in [1.807, 2.05) is 24.3 Å². The second kappa shape index (κ2) is 8.99. The largest absolute Gasteiger partial charge is 0.504 e. The van der Waals surface area contributed by atoms with Gasteiger partial charge >= 0.3 is 0 Å². The molecule has 9 nitrogen and oxygen atoms in total. The number of hydrogen-bond acceptors (Lipinski definition) is 8. The molecule has 9 heteroatoms. The molecule has 0 radical (unpaired) electrons. The van der Waals surface area contributed by atoms with E-state index in [2.05, 4.69) is 36.0 Å². The minimum Gasteiger partial charge on any atom is -0.504 e. The first kappa shape index (κ1) is 27.5. The molecule has 4 aliphatic carbocycles. The van der Waals surface area contributed by atoms with E-state index < -0.39 is 12.2 Å². The Kier molecular flexibility index (Phi) is 5.74. The molecule has 2 spiro atoms. The molecule has 10 rings (SSSR count). The van der Waals surface area contributed by atoms with Crippen molar-refractivity contribution in [1.82, 2.24) is 9.80 Å². The van der Waals surface area contributed by atoms with E-state index >= 15 is 0 Å². The van der Waals surface area contributed by atoms with E-state index in [9.17, 15) is 20.4 Å². The number of ether oxygens (including phenoxy) is 2. The van der Waals surface area contributed by atoms with Gasteiger partial charge in [0.25, 0.3) is 0 Å². The third-order valence-corrected chi connectivity index (χ3v) is 12.3. The quantitative estimate of drug-likeness (QED) is 0.341. The Morgan fingerprint density at radius 2 is 1.09 bits per heavy atom. The third-order valence-electron chi connectivity index (χ3n) is 12.3.